The second kappa shape index (κ2) is 18.0. The molecule has 0 aliphatic heterocycles. The Bertz CT molecular complexity index is 329. The summed E-state index contributed by atoms with van der Waals surface area (Å²) in [4.78, 5) is 23.0. The van der Waals surface area contributed by atoms with Crippen molar-refractivity contribution in [1.82, 2.24) is 0 Å². The molecule has 0 aliphatic rings. The van der Waals surface area contributed by atoms with Crippen LogP contribution in [0.15, 0.2) is 0 Å². The van der Waals surface area contributed by atoms with Crippen molar-refractivity contribution in [3.05, 3.63) is 0 Å². The number of carboxylic acids is 2. The molecule has 4 nitrogen and oxygen atoms in total. The maximum absolute atomic E-state index is 11.8. The van der Waals surface area contributed by atoms with Gasteiger partial charge in [0.2, 0.25) is 0 Å². The van der Waals surface area contributed by atoms with Crippen LogP contribution in [-0.2, 0) is 9.59 Å². The number of hydrogen-bond donors (Lipinski definition) is 2. The molecule has 0 bridgehead atoms. The minimum absolute atomic E-state index is 0. The number of hydrogen-bond acceptors (Lipinski definition) is 2. The van der Waals surface area contributed by atoms with E-state index < -0.39 is 17.4 Å². The van der Waals surface area contributed by atoms with Gasteiger partial charge in [0.1, 0.15) is 0 Å². The van der Waals surface area contributed by atoms with E-state index in [0.29, 0.717) is 12.8 Å². The van der Waals surface area contributed by atoms with Gasteiger partial charge in [-0.15, -0.1) is 0 Å². The molecule has 0 saturated heterocycles. The van der Waals surface area contributed by atoms with Gasteiger partial charge in [-0.25, -0.2) is 0 Å². The van der Waals surface area contributed by atoms with Crippen LogP contribution in [0, 0.1) is 5.41 Å². The molecule has 0 aromatic rings. The van der Waals surface area contributed by atoms with Crippen LogP contribution in [0.4, 0.5) is 0 Å². The van der Waals surface area contributed by atoms with E-state index >= 15 is 0 Å². The van der Waals surface area contributed by atoms with E-state index in [2.05, 4.69) is 13.8 Å². The Balaban J connectivity index is 0. The Morgan fingerprint density at radius 3 is 1.36 bits per heavy atom. The predicted octanol–water partition coefficient (Wildman–Crippen LogP) is 5.38. The molecule has 0 saturated carbocycles. The average Bonchev–Trinajstić information content (AvgIpc) is 2.53. The number of carboxylic acid groups (broad SMARTS) is 2. The first-order valence-electron chi connectivity index (χ1n) is 9.93. The average molecular weight is 383 g/mol. The summed E-state index contributed by atoms with van der Waals surface area (Å²) in [5.74, 6) is -1.92. The SMILES string of the molecule is CCCCCCCCC(CCCCCCCC)(CC(=O)O)C(=O)O.[KH]. The van der Waals surface area contributed by atoms with Crippen LogP contribution in [0.2, 0.25) is 0 Å². The van der Waals surface area contributed by atoms with Crippen LogP contribution < -0.4 is 0 Å². The van der Waals surface area contributed by atoms with Crippen LogP contribution in [0.1, 0.15) is 110 Å². The zero-order valence-electron chi connectivity index (χ0n) is 15.8. The van der Waals surface area contributed by atoms with Crippen molar-refractivity contribution < 1.29 is 19.8 Å². The predicted molar refractivity (Wildman–Crippen MR) is 105 cm³/mol. The van der Waals surface area contributed by atoms with Gasteiger partial charge in [-0.3, -0.25) is 9.59 Å². The third kappa shape index (κ3) is 14.3. The fraction of sp³-hybridized carbons (Fsp3) is 0.900. The second-order valence-electron chi connectivity index (χ2n) is 7.19. The summed E-state index contributed by atoms with van der Waals surface area (Å²) < 4.78 is 0. The summed E-state index contributed by atoms with van der Waals surface area (Å²) in [5, 5.41) is 18.9. The Labute approximate surface area is 197 Å². The molecule has 0 aromatic carbocycles. The standard InChI is InChI=1S/C20H38O4.K.H/c1-3-5-7-9-11-13-15-20(19(23)24,17-18(21)22)16-14-12-10-8-6-4-2;;/h3-17H2,1-2H3,(H,21,22)(H,23,24);;. The van der Waals surface area contributed by atoms with Gasteiger partial charge in [0.25, 0.3) is 0 Å². The van der Waals surface area contributed by atoms with E-state index in [-0.39, 0.29) is 57.8 Å². The van der Waals surface area contributed by atoms with Gasteiger partial charge in [0.05, 0.1) is 11.8 Å². The molecule has 0 aromatic heterocycles. The third-order valence-corrected chi connectivity index (χ3v) is 4.96. The van der Waals surface area contributed by atoms with E-state index in [1.165, 1.54) is 38.5 Å². The van der Waals surface area contributed by atoms with Crippen molar-refractivity contribution >= 4 is 63.3 Å². The van der Waals surface area contributed by atoms with Crippen molar-refractivity contribution in [2.24, 2.45) is 5.41 Å². The molecule has 0 heterocycles. The van der Waals surface area contributed by atoms with Gasteiger partial charge in [-0.2, -0.15) is 0 Å². The summed E-state index contributed by atoms with van der Waals surface area (Å²) in [6.45, 7) is 4.34. The van der Waals surface area contributed by atoms with Crippen molar-refractivity contribution in [1.29, 1.82) is 0 Å². The summed E-state index contributed by atoms with van der Waals surface area (Å²) >= 11 is 0. The van der Waals surface area contributed by atoms with Crippen LogP contribution >= 0.6 is 0 Å². The van der Waals surface area contributed by atoms with Crippen molar-refractivity contribution in [2.45, 2.75) is 110 Å². The quantitative estimate of drug-likeness (QED) is 0.261. The Morgan fingerprint density at radius 1 is 0.680 bits per heavy atom. The molecule has 144 valence electrons. The molecule has 2 N–H and O–H groups in total. The van der Waals surface area contributed by atoms with Gasteiger partial charge < -0.3 is 10.2 Å². The zero-order chi connectivity index (χ0) is 18.3. The summed E-state index contributed by atoms with van der Waals surface area (Å²) in [6, 6.07) is 0. The van der Waals surface area contributed by atoms with Gasteiger partial charge in [0.15, 0.2) is 0 Å². The van der Waals surface area contributed by atoms with Gasteiger partial charge >= 0.3 is 63.3 Å². The molecule has 0 atom stereocenters. The van der Waals surface area contributed by atoms with Gasteiger partial charge in [0, 0.05) is 0 Å². The Morgan fingerprint density at radius 2 is 1.04 bits per heavy atom. The Hall–Kier alpha value is 0.576. The number of rotatable bonds is 17. The summed E-state index contributed by atoms with van der Waals surface area (Å²) in [7, 11) is 0. The fourth-order valence-corrected chi connectivity index (χ4v) is 3.37. The first-order chi connectivity index (χ1) is 11.5. The van der Waals surface area contributed by atoms with E-state index in [1.54, 1.807) is 0 Å². The topological polar surface area (TPSA) is 74.6 Å². The van der Waals surface area contributed by atoms with E-state index in [0.717, 1.165) is 38.5 Å². The number of unbranched alkanes of at least 4 members (excludes halogenated alkanes) is 10. The maximum atomic E-state index is 11.8. The molecular weight excluding hydrogens is 343 g/mol. The first-order valence-corrected chi connectivity index (χ1v) is 9.93. The minimum atomic E-state index is -1.07. The van der Waals surface area contributed by atoms with Crippen molar-refractivity contribution in [3.8, 4) is 0 Å². The van der Waals surface area contributed by atoms with E-state index in [9.17, 15) is 19.8 Å². The Kier molecular flexibility index (Phi) is 20.0. The van der Waals surface area contributed by atoms with Crippen molar-refractivity contribution in [3.63, 3.8) is 0 Å². The fourth-order valence-electron chi connectivity index (χ4n) is 3.37. The van der Waals surface area contributed by atoms with Crippen molar-refractivity contribution in [2.75, 3.05) is 0 Å². The molecule has 0 radical (unpaired) electrons. The third-order valence-electron chi connectivity index (χ3n) is 4.96. The molecule has 5 heteroatoms. The zero-order valence-corrected chi connectivity index (χ0v) is 15.8. The van der Waals surface area contributed by atoms with Crippen LogP contribution in [-0.4, -0.2) is 73.5 Å². The van der Waals surface area contributed by atoms with E-state index in [4.69, 9.17) is 0 Å². The monoisotopic (exact) mass is 382 g/mol. The summed E-state index contributed by atoms with van der Waals surface area (Å²) in [6.07, 6.45) is 13.8. The first kappa shape index (κ1) is 27.8. The molecule has 0 aliphatic carbocycles. The normalized spacial score (nSPS) is 11.1. The molecule has 0 fully saturated rings. The van der Waals surface area contributed by atoms with Gasteiger partial charge in [-0.05, 0) is 12.8 Å². The van der Waals surface area contributed by atoms with E-state index in [1.807, 2.05) is 0 Å². The number of aliphatic carboxylic acids is 2. The number of carbonyl (C=O) groups is 2. The molecular formula is C20H39KO4. The molecule has 0 rings (SSSR count). The molecule has 25 heavy (non-hydrogen) atoms. The molecule has 0 spiro atoms. The van der Waals surface area contributed by atoms with Crippen LogP contribution in [0.3, 0.4) is 0 Å². The summed E-state index contributed by atoms with van der Waals surface area (Å²) in [5.41, 5.74) is -1.07. The molecule has 0 amide bonds. The second-order valence-corrected chi connectivity index (χ2v) is 7.19. The van der Waals surface area contributed by atoms with Crippen LogP contribution in [0.5, 0.6) is 0 Å². The van der Waals surface area contributed by atoms with Crippen LogP contribution in [0.25, 0.3) is 0 Å². The molecule has 0 unspecified atom stereocenters. The van der Waals surface area contributed by atoms with Gasteiger partial charge in [-0.1, -0.05) is 90.9 Å².